The molecule has 6 nitrogen and oxygen atoms in total. The van der Waals surface area contributed by atoms with Gasteiger partial charge in [0.15, 0.2) is 0 Å². The molecule has 3 rings (SSSR count). The van der Waals surface area contributed by atoms with E-state index in [4.69, 9.17) is 0 Å². The normalized spacial score (nSPS) is 16.5. The number of aromatic nitrogens is 1. The Hall–Kier alpha value is -2.10. The molecule has 2 heterocycles. The number of benzene rings is 1. The van der Waals surface area contributed by atoms with Crippen LogP contribution in [0.4, 0.5) is 8.78 Å². The summed E-state index contributed by atoms with van der Waals surface area (Å²) in [5.41, 5.74) is 2.60. The van der Waals surface area contributed by atoms with Gasteiger partial charge in [0.05, 0.1) is 26.2 Å². The first-order valence-corrected chi connectivity index (χ1v) is 10.5. The Kier molecular flexibility index (Phi) is 5.69. The smallest absolute Gasteiger partial charge is 0.246 e. The number of rotatable bonds is 5. The van der Waals surface area contributed by atoms with Gasteiger partial charge in [-0.3, -0.25) is 4.79 Å². The third kappa shape index (κ3) is 3.87. The Morgan fingerprint density at radius 3 is 2.36 bits per heavy atom. The van der Waals surface area contributed by atoms with Crippen LogP contribution in [-0.4, -0.2) is 55.8 Å². The number of hydrogen-bond acceptors (Lipinski definition) is 3. The van der Waals surface area contributed by atoms with Crippen LogP contribution in [-0.2, 0) is 17.1 Å². The van der Waals surface area contributed by atoms with Crippen LogP contribution in [0.2, 0.25) is 0 Å². The van der Waals surface area contributed by atoms with E-state index >= 15 is 0 Å². The van der Waals surface area contributed by atoms with E-state index < -0.39 is 26.6 Å². The van der Waals surface area contributed by atoms with Gasteiger partial charge in [-0.2, -0.15) is 4.31 Å². The molecule has 28 heavy (non-hydrogen) atoms. The number of hydrogen-bond donors (Lipinski definition) is 1. The number of nitrogens with one attached hydrogen (secondary N) is 1. The van der Waals surface area contributed by atoms with Crippen LogP contribution in [0.3, 0.4) is 0 Å². The van der Waals surface area contributed by atoms with Gasteiger partial charge in [-0.25, -0.2) is 17.2 Å². The third-order valence-corrected chi connectivity index (χ3v) is 7.34. The first-order valence-electron chi connectivity index (χ1n) is 9.06. The molecule has 1 aromatic heterocycles. The lowest BCUT2D eigenvalue weighted by Crippen LogP contribution is -3.15. The molecule has 9 heteroatoms. The molecule has 0 aliphatic carbocycles. The Bertz CT molecular complexity index is 1010. The first-order chi connectivity index (χ1) is 13.1. The number of sulfonamides is 1. The lowest BCUT2D eigenvalue weighted by atomic mass is 10.1. The zero-order valence-corrected chi connectivity index (χ0v) is 16.9. The van der Waals surface area contributed by atoms with E-state index in [-0.39, 0.29) is 25.4 Å². The highest BCUT2D eigenvalue weighted by Gasteiger charge is 2.33. The van der Waals surface area contributed by atoms with Crippen molar-refractivity contribution in [3.05, 3.63) is 52.9 Å². The molecule has 1 N–H and O–H groups in total. The van der Waals surface area contributed by atoms with Gasteiger partial charge in [-0.1, -0.05) is 0 Å². The second kappa shape index (κ2) is 7.73. The molecule has 1 fully saturated rings. The summed E-state index contributed by atoms with van der Waals surface area (Å²) in [4.78, 5) is 12.9. The zero-order chi connectivity index (χ0) is 20.6. The molecule has 1 saturated heterocycles. The van der Waals surface area contributed by atoms with E-state index in [1.165, 1.54) is 0 Å². The molecule has 1 aromatic carbocycles. The number of quaternary nitrogens is 1. The minimum Gasteiger partial charge on any atom is -0.351 e. The van der Waals surface area contributed by atoms with Gasteiger partial charge in [0.1, 0.15) is 23.1 Å². The summed E-state index contributed by atoms with van der Waals surface area (Å²) in [5, 5.41) is 0. The average Bonchev–Trinajstić information content (AvgIpc) is 2.91. The summed E-state index contributed by atoms with van der Waals surface area (Å²) in [6.45, 7) is 5.24. The van der Waals surface area contributed by atoms with Crippen LogP contribution in [0.25, 0.3) is 0 Å². The Morgan fingerprint density at radius 1 is 1.14 bits per heavy atom. The van der Waals surface area contributed by atoms with Crippen molar-refractivity contribution in [3.63, 3.8) is 0 Å². The van der Waals surface area contributed by atoms with E-state index in [9.17, 15) is 22.0 Å². The number of ketones is 1. The fourth-order valence-corrected chi connectivity index (χ4v) is 5.01. The fraction of sp³-hybridized carbons (Fsp3) is 0.421. The first kappa shape index (κ1) is 20.6. The predicted octanol–water partition coefficient (Wildman–Crippen LogP) is 0.692. The van der Waals surface area contributed by atoms with Crippen molar-refractivity contribution in [3.8, 4) is 0 Å². The molecule has 1 aliphatic heterocycles. The highest BCUT2D eigenvalue weighted by molar-refractivity contribution is 7.89. The van der Waals surface area contributed by atoms with Crippen molar-refractivity contribution >= 4 is 15.8 Å². The topological polar surface area (TPSA) is 63.8 Å². The predicted molar refractivity (Wildman–Crippen MR) is 99.9 cm³/mol. The van der Waals surface area contributed by atoms with E-state index in [0.717, 1.165) is 32.7 Å². The number of nitrogens with zero attached hydrogens (tertiary/aromatic N) is 2. The fourth-order valence-electron chi connectivity index (χ4n) is 3.49. The zero-order valence-electron chi connectivity index (χ0n) is 16.1. The average molecular weight is 412 g/mol. The van der Waals surface area contributed by atoms with Crippen molar-refractivity contribution in [1.29, 1.82) is 0 Å². The summed E-state index contributed by atoms with van der Waals surface area (Å²) in [6, 6.07) is 4.26. The molecule has 1 aliphatic rings. The van der Waals surface area contributed by atoms with Gasteiger partial charge in [-0.15, -0.1) is 0 Å². The van der Waals surface area contributed by atoms with Crippen molar-refractivity contribution in [2.24, 2.45) is 7.05 Å². The van der Waals surface area contributed by atoms with Crippen LogP contribution in [0.15, 0.2) is 29.2 Å². The highest BCUT2D eigenvalue weighted by Crippen LogP contribution is 2.20. The summed E-state index contributed by atoms with van der Waals surface area (Å²) in [5.74, 6) is -1.76. The van der Waals surface area contributed by atoms with Crippen LogP contribution in [0, 0.1) is 25.5 Å². The molecular formula is C19H24F2N3O3S+. The SMILES string of the molecule is Cc1cc(C(=O)C[NH+]2CCN(S(=O)(=O)c3cc(F)ccc3F)CC2)c(C)n1C. The number of Topliss-reactive ketones (excluding diaryl/α,β-unsaturated/α-hetero) is 1. The lowest BCUT2D eigenvalue weighted by Gasteiger charge is -2.31. The van der Waals surface area contributed by atoms with Gasteiger partial charge in [-0.05, 0) is 38.1 Å². The molecule has 0 radical (unpaired) electrons. The Balaban J connectivity index is 1.66. The highest BCUT2D eigenvalue weighted by atomic mass is 32.2. The summed E-state index contributed by atoms with van der Waals surface area (Å²) < 4.78 is 55.7. The van der Waals surface area contributed by atoms with Crippen LogP contribution in [0.1, 0.15) is 21.7 Å². The minimum atomic E-state index is -4.11. The Labute approximate surface area is 163 Å². The standard InChI is InChI=1S/C19H23F2N3O3S/c1-13-10-16(14(2)22(13)3)18(25)12-23-6-8-24(9-7-23)28(26,27)19-11-15(20)4-5-17(19)21/h4-5,10-11H,6-9,12H2,1-3H3/p+1. The van der Waals surface area contributed by atoms with Gasteiger partial charge >= 0.3 is 0 Å². The third-order valence-electron chi connectivity index (χ3n) is 5.43. The molecule has 0 bridgehead atoms. The van der Waals surface area contributed by atoms with Gasteiger partial charge in [0.25, 0.3) is 0 Å². The monoisotopic (exact) mass is 412 g/mol. The second-order valence-electron chi connectivity index (χ2n) is 7.17. The molecular weight excluding hydrogens is 388 g/mol. The summed E-state index contributed by atoms with van der Waals surface area (Å²) >= 11 is 0. The van der Waals surface area contributed by atoms with E-state index in [1.807, 2.05) is 31.5 Å². The molecule has 0 amide bonds. The van der Waals surface area contributed by atoms with E-state index in [1.54, 1.807) is 0 Å². The molecule has 152 valence electrons. The van der Waals surface area contributed by atoms with Crippen LogP contribution >= 0.6 is 0 Å². The molecule has 0 unspecified atom stereocenters. The van der Waals surface area contributed by atoms with E-state index in [2.05, 4.69) is 0 Å². The van der Waals surface area contributed by atoms with Crippen molar-refractivity contribution in [1.82, 2.24) is 8.87 Å². The molecule has 0 spiro atoms. The number of carbonyl (C=O) groups excluding carboxylic acids is 1. The van der Waals surface area contributed by atoms with Crippen molar-refractivity contribution in [2.75, 3.05) is 32.7 Å². The van der Waals surface area contributed by atoms with Gasteiger partial charge in [0, 0.05) is 24.0 Å². The number of halogens is 2. The molecule has 0 saturated carbocycles. The van der Waals surface area contributed by atoms with Crippen LogP contribution < -0.4 is 4.90 Å². The van der Waals surface area contributed by atoms with E-state index in [0.29, 0.717) is 24.7 Å². The summed E-state index contributed by atoms with van der Waals surface area (Å²) in [6.07, 6.45) is 0. The largest absolute Gasteiger partial charge is 0.351 e. The number of piperazine rings is 1. The maximum Gasteiger partial charge on any atom is 0.246 e. The van der Waals surface area contributed by atoms with Crippen molar-refractivity contribution in [2.45, 2.75) is 18.7 Å². The van der Waals surface area contributed by atoms with Gasteiger partial charge in [0.2, 0.25) is 15.8 Å². The quantitative estimate of drug-likeness (QED) is 0.736. The minimum absolute atomic E-state index is 0.0173. The van der Waals surface area contributed by atoms with Crippen LogP contribution in [0.5, 0.6) is 0 Å². The lowest BCUT2D eigenvalue weighted by molar-refractivity contribution is -0.895. The maximum absolute atomic E-state index is 13.9. The molecule has 2 aromatic rings. The van der Waals surface area contributed by atoms with Crippen molar-refractivity contribution < 1.29 is 26.9 Å². The number of aryl methyl sites for hydroxylation is 1. The van der Waals surface area contributed by atoms with Gasteiger partial charge < -0.3 is 9.47 Å². The second-order valence-corrected chi connectivity index (χ2v) is 9.08. The molecule has 0 atom stereocenters. The maximum atomic E-state index is 13.9. The summed E-state index contributed by atoms with van der Waals surface area (Å²) in [7, 11) is -2.21. The Morgan fingerprint density at radius 2 is 1.79 bits per heavy atom. The number of carbonyl (C=O) groups is 1.